The SMILES string of the molecule is O=C(NCCC1=CCCCC1)c1ccnc(C(=O)N2CCC3(CC2)OCCO3)c1. The summed E-state index contributed by atoms with van der Waals surface area (Å²) in [7, 11) is 0. The summed E-state index contributed by atoms with van der Waals surface area (Å²) in [6, 6.07) is 3.24. The van der Waals surface area contributed by atoms with Gasteiger partial charge < -0.3 is 19.7 Å². The van der Waals surface area contributed by atoms with Gasteiger partial charge in [0.1, 0.15) is 5.69 Å². The quantitative estimate of drug-likeness (QED) is 0.770. The van der Waals surface area contributed by atoms with E-state index in [4.69, 9.17) is 9.47 Å². The number of nitrogens with zero attached hydrogens (tertiary/aromatic N) is 2. The van der Waals surface area contributed by atoms with E-state index >= 15 is 0 Å². The molecule has 3 aliphatic rings. The van der Waals surface area contributed by atoms with Crippen LogP contribution >= 0.6 is 0 Å². The lowest BCUT2D eigenvalue weighted by Gasteiger charge is -2.37. The molecular weight excluding hydrogens is 370 g/mol. The average molecular weight is 399 g/mol. The van der Waals surface area contributed by atoms with Gasteiger partial charge in [-0.2, -0.15) is 0 Å². The minimum absolute atomic E-state index is 0.153. The number of pyridine rings is 1. The van der Waals surface area contributed by atoms with Crippen LogP contribution in [0.4, 0.5) is 0 Å². The molecule has 7 nitrogen and oxygen atoms in total. The average Bonchev–Trinajstić information content (AvgIpc) is 3.22. The largest absolute Gasteiger partial charge is 0.352 e. The summed E-state index contributed by atoms with van der Waals surface area (Å²) in [4.78, 5) is 31.3. The lowest BCUT2D eigenvalue weighted by atomic mass is 9.97. The highest BCUT2D eigenvalue weighted by molar-refractivity contribution is 5.98. The lowest BCUT2D eigenvalue weighted by molar-refractivity contribution is -0.181. The monoisotopic (exact) mass is 399 g/mol. The fourth-order valence-corrected chi connectivity index (χ4v) is 4.26. The third kappa shape index (κ3) is 4.85. The number of likely N-dealkylation sites (tertiary alicyclic amines) is 1. The Morgan fingerprint density at radius 3 is 2.69 bits per heavy atom. The van der Waals surface area contributed by atoms with E-state index in [1.807, 2.05) is 0 Å². The first-order valence-corrected chi connectivity index (χ1v) is 10.6. The third-order valence-electron chi connectivity index (χ3n) is 5.98. The molecule has 4 rings (SSSR count). The Morgan fingerprint density at radius 2 is 1.97 bits per heavy atom. The van der Waals surface area contributed by atoms with Crippen molar-refractivity contribution in [2.75, 3.05) is 32.8 Å². The van der Waals surface area contributed by atoms with E-state index in [0.717, 1.165) is 19.3 Å². The first-order valence-electron chi connectivity index (χ1n) is 10.6. The van der Waals surface area contributed by atoms with Crippen molar-refractivity contribution in [3.8, 4) is 0 Å². The zero-order valence-corrected chi connectivity index (χ0v) is 16.8. The minimum Gasteiger partial charge on any atom is -0.352 e. The highest BCUT2D eigenvalue weighted by atomic mass is 16.7. The molecule has 1 spiro atoms. The molecule has 2 aliphatic heterocycles. The molecule has 1 aromatic rings. The smallest absolute Gasteiger partial charge is 0.272 e. The number of hydrogen-bond donors (Lipinski definition) is 1. The molecule has 156 valence electrons. The molecule has 0 aromatic carbocycles. The minimum atomic E-state index is -0.514. The number of amides is 2. The Labute approximate surface area is 171 Å². The van der Waals surface area contributed by atoms with Crippen LogP contribution in [0.25, 0.3) is 0 Å². The van der Waals surface area contributed by atoms with Crippen molar-refractivity contribution in [2.24, 2.45) is 0 Å². The van der Waals surface area contributed by atoms with Gasteiger partial charge >= 0.3 is 0 Å². The van der Waals surface area contributed by atoms with Crippen LogP contribution < -0.4 is 5.32 Å². The van der Waals surface area contributed by atoms with Gasteiger partial charge in [0, 0.05) is 44.2 Å². The second kappa shape index (κ2) is 9.05. The molecule has 1 N–H and O–H groups in total. The molecule has 7 heteroatoms. The highest BCUT2D eigenvalue weighted by Gasteiger charge is 2.41. The lowest BCUT2D eigenvalue weighted by Crippen LogP contribution is -2.47. The maximum Gasteiger partial charge on any atom is 0.272 e. The standard InChI is InChI=1S/C22H29N3O4/c26-20(24-10-6-17-4-2-1-3-5-17)18-7-11-23-19(16-18)21(27)25-12-8-22(9-13-25)28-14-15-29-22/h4,7,11,16H,1-3,5-6,8-10,12-15H2,(H,24,26). The molecular formula is C22H29N3O4. The maximum atomic E-state index is 12.8. The second-order valence-corrected chi connectivity index (χ2v) is 7.94. The predicted octanol–water partition coefficient (Wildman–Crippen LogP) is 2.68. The van der Waals surface area contributed by atoms with Crippen molar-refractivity contribution in [2.45, 2.75) is 50.7 Å². The number of carbonyl (C=O) groups excluding carboxylic acids is 2. The molecule has 0 atom stereocenters. The van der Waals surface area contributed by atoms with E-state index in [1.54, 1.807) is 17.0 Å². The van der Waals surface area contributed by atoms with E-state index in [0.29, 0.717) is 56.9 Å². The third-order valence-corrected chi connectivity index (χ3v) is 5.98. The van der Waals surface area contributed by atoms with Crippen LogP contribution in [0.15, 0.2) is 30.0 Å². The Hall–Kier alpha value is -2.25. The van der Waals surface area contributed by atoms with Gasteiger partial charge in [-0.25, -0.2) is 0 Å². The Balaban J connectivity index is 1.31. The summed E-state index contributed by atoms with van der Waals surface area (Å²) in [5.41, 5.74) is 2.20. The van der Waals surface area contributed by atoms with Crippen molar-refractivity contribution in [1.29, 1.82) is 0 Å². The maximum absolute atomic E-state index is 12.8. The molecule has 0 bridgehead atoms. The molecule has 1 aromatic heterocycles. The molecule has 0 saturated carbocycles. The summed E-state index contributed by atoms with van der Waals surface area (Å²) in [5, 5.41) is 2.96. The van der Waals surface area contributed by atoms with E-state index in [9.17, 15) is 9.59 Å². The van der Waals surface area contributed by atoms with Crippen LogP contribution in [0.1, 0.15) is 65.8 Å². The van der Waals surface area contributed by atoms with Gasteiger partial charge in [-0.05, 0) is 44.2 Å². The number of allylic oxidation sites excluding steroid dienone is 1. The fraction of sp³-hybridized carbons (Fsp3) is 0.591. The number of hydrogen-bond acceptors (Lipinski definition) is 5. The Bertz CT molecular complexity index is 776. The molecule has 29 heavy (non-hydrogen) atoms. The van der Waals surface area contributed by atoms with E-state index in [1.165, 1.54) is 24.6 Å². The molecule has 0 unspecified atom stereocenters. The topological polar surface area (TPSA) is 80.8 Å². The van der Waals surface area contributed by atoms with Crippen LogP contribution in [0, 0.1) is 0 Å². The Kier molecular flexibility index (Phi) is 6.25. The van der Waals surface area contributed by atoms with Crippen molar-refractivity contribution in [3.05, 3.63) is 41.2 Å². The summed E-state index contributed by atoms with van der Waals surface area (Å²) in [5.74, 6) is -0.831. The number of aromatic nitrogens is 1. The van der Waals surface area contributed by atoms with Gasteiger partial charge in [0.25, 0.3) is 11.8 Å². The first-order chi connectivity index (χ1) is 14.2. The predicted molar refractivity (Wildman–Crippen MR) is 108 cm³/mol. The highest BCUT2D eigenvalue weighted by Crippen LogP contribution is 2.31. The van der Waals surface area contributed by atoms with Crippen molar-refractivity contribution in [3.63, 3.8) is 0 Å². The number of carbonyl (C=O) groups is 2. The van der Waals surface area contributed by atoms with E-state index in [-0.39, 0.29) is 11.8 Å². The summed E-state index contributed by atoms with van der Waals surface area (Å²) >= 11 is 0. The first kappa shape index (κ1) is 20.0. The summed E-state index contributed by atoms with van der Waals surface area (Å²) in [6.45, 7) is 2.97. The van der Waals surface area contributed by atoms with Crippen LogP contribution in [0.2, 0.25) is 0 Å². The van der Waals surface area contributed by atoms with E-state index in [2.05, 4.69) is 16.4 Å². The van der Waals surface area contributed by atoms with Crippen molar-refractivity contribution in [1.82, 2.24) is 15.2 Å². The second-order valence-electron chi connectivity index (χ2n) is 7.94. The zero-order chi connectivity index (χ0) is 20.1. The van der Waals surface area contributed by atoms with Crippen LogP contribution in [-0.4, -0.2) is 60.3 Å². The fourth-order valence-electron chi connectivity index (χ4n) is 4.26. The normalized spacial score (nSPS) is 21.1. The molecule has 2 saturated heterocycles. The summed E-state index contributed by atoms with van der Waals surface area (Å²) in [6.07, 6.45) is 10.8. The van der Waals surface area contributed by atoms with Crippen molar-refractivity contribution >= 4 is 11.8 Å². The number of nitrogens with one attached hydrogen (secondary N) is 1. The van der Waals surface area contributed by atoms with Crippen molar-refractivity contribution < 1.29 is 19.1 Å². The van der Waals surface area contributed by atoms with Gasteiger partial charge in [0.15, 0.2) is 5.79 Å². The molecule has 2 fully saturated rings. The van der Waals surface area contributed by atoms with Gasteiger partial charge in [-0.1, -0.05) is 11.6 Å². The number of ether oxygens (including phenoxy) is 2. The van der Waals surface area contributed by atoms with Gasteiger partial charge in [-0.15, -0.1) is 0 Å². The molecule has 0 radical (unpaired) electrons. The van der Waals surface area contributed by atoms with E-state index < -0.39 is 5.79 Å². The molecule has 1 aliphatic carbocycles. The van der Waals surface area contributed by atoms with Crippen LogP contribution in [-0.2, 0) is 9.47 Å². The molecule has 3 heterocycles. The van der Waals surface area contributed by atoms with Crippen LogP contribution in [0.3, 0.4) is 0 Å². The Morgan fingerprint density at radius 1 is 1.17 bits per heavy atom. The van der Waals surface area contributed by atoms with Gasteiger partial charge in [0.05, 0.1) is 13.2 Å². The number of rotatable bonds is 5. The van der Waals surface area contributed by atoms with Gasteiger partial charge in [0.2, 0.25) is 0 Å². The summed E-state index contributed by atoms with van der Waals surface area (Å²) < 4.78 is 11.4. The van der Waals surface area contributed by atoms with Gasteiger partial charge in [-0.3, -0.25) is 14.6 Å². The number of piperidine rings is 1. The molecule has 2 amide bonds. The van der Waals surface area contributed by atoms with Crippen LogP contribution in [0.5, 0.6) is 0 Å². The zero-order valence-electron chi connectivity index (χ0n) is 16.8.